The lowest BCUT2D eigenvalue weighted by atomic mass is 10.1. The fourth-order valence-corrected chi connectivity index (χ4v) is 0.911. The van der Waals surface area contributed by atoms with Gasteiger partial charge in [0, 0.05) is 19.0 Å². The molecule has 0 bridgehead atoms. The maximum Gasteiger partial charge on any atom is 0.224 e. The van der Waals surface area contributed by atoms with Gasteiger partial charge in [0.15, 0.2) is 0 Å². The number of hydrogen-bond acceptors (Lipinski definition) is 4. The van der Waals surface area contributed by atoms with Gasteiger partial charge < -0.3 is 20.8 Å². The highest BCUT2D eigenvalue weighted by atomic mass is 16.3. The number of carbonyl (C=O) groups excluding carboxylic acids is 1. The van der Waals surface area contributed by atoms with Gasteiger partial charge >= 0.3 is 0 Å². The summed E-state index contributed by atoms with van der Waals surface area (Å²) in [6, 6.07) is 0. The van der Waals surface area contributed by atoms with Crippen LogP contribution in [0.5, 0.6) is 0 Å². The predicted molar refractivity (Wildman–Crippen MR) is 53.8 cm³/mol. The molecule has 0 fully saturated rings. The van der Waals surface area contributed by atoms with Crippen LogP contribution in [0.25, 0.3) is 0 Å². The number of aliphatic hydroxyl groups is 2. The molecule has 0 spiro atoms. The molecule has 4 N–H and O–H groups in total. The van der Waals surface area contributed by atoms with Crippen LogP contribution in [0.4, 0.5) is 0 Å². The Hall–Kier alpha value is -0.650. The molecule has 0 saturated heterocycles. The summed E-state index contributed by atoms with van der Waals surface area (Å²) in [7, 11) is 0. The molecule has 2 unspecified atom stereocenters. The zero-order valence-electron chi connectivity index (χ0n) is 8.79. The zero-order valence-corrected chi connectivity index (χ0v) is 8.79. The first kappa shape index (κ1) is 13.4. The molecule has 0 aliphatic carbocycles. The van der Waals surface area contributed by atoms with E-state index >= 15 is 0 Å². The average Bonchev–Trinajstić information content (AvgIpc) is 2.21. The minimum atomic E-state index is -0.870. The Morgan fingerprint density at radius 3 is 2.57 bits per heavy atom. The molecule has 5 nitrogen and oxygen atoms in total. The van der Waals surface area contributed by atoms with E-state index < -0.39 is 6.10 Å². The van der Waals surface area contributed by atoms with Crippen molar-refractivity contribution in [2.45, 2.75) is 20.0 Å². The van der Waals surface area contributed by atoms with Crippen LogP contribution in [-0.2, 0) is 4.79 Å². The van der Waals surface area contributed by atoms with Gasteiger partial charge in [-0.1, -0.05) is 13.8 Å². The molecular formula is C9H20N2O3. The highest BCUT2D eigenvalue weighted by molar-refractivity contribution is 5.78. The van der Waals surface area contributed by atoms with Gasteiger partial charge in [-0.05, 0) is 6.54 Å². The highest BCUT2D eigenvalue weighted by Gasteiger charge is 2.12. The van der Waals surface area contributed by atoms with Crippen molar-refractivity contribution >= 4 is 5.91 Å². The van der Waals surface area contributed by atoms with Crippen LogP contribution in [0.15, 0.2) is 0 Å². The van der Waals surface area contributed by atoms with Crippen LogP contribution in [0, 0.1) is 5.92 Å². The molecule has 0 aromatic rings. The zero-order chi connectivity index (χ0) is 11.0. The van der Waals surface area contributed by atoms with E-state index in [1.807, 2.05) is 13.8 Å². The van der Waals surface area contributed by atoms with E-state index in [1.165, 1.54) is 0 Å². The van der Waals surface area contributed by atoms with Gasteiger partial charge in [-0.2, -0.15) is 0 Å². The largest absolute Gasteiger partial charge is 0.394 e. The van der Waals surface area contributed by atoms with Crippen LogP contribution >= 0.6 is 0 Å². The lowest BCUT2D eigenvalue weighted by molar-refractivity contribution is -0.124. The smallest absolute Gasteiger partial charge is 0.224 e. The average molecular weight is 204 g/mol. The molecule has 0 aliphatic rings. The Kier molecular flexibility index (Phi) is 7.37. The lowest BCUT2D eigenvalue weighted by Gasteiger charge is -2.14. The third kappa shape index (κ3) is 5.90. The van der Waals surface area contributed by atoms with Crippen molar-refractivity contribution in [3.63, 3.8) is 0 Å². The molecule has 0 heterocycles. The summed E-state index contributed by atoms with van der Waals surface area (Å²) in [5.41, 5.74) is 0. The lowest BCUT2D eigenvalue weighted by Crippen LogP contribution is -2.39. The molecule has 14 heavy (non-hydrogen) atoms. The van der Waals surface area contributed by atoms with Crippen LogP contribution in [-0.4, -0.2) is 48.5 Å². The summed E-state index contributed by atoms with van der Waals surface area (Å²) in [5, 5.41) is 23.1. The Morgan fingerprint density at radius 2 is 2.07 bits per heavy atom. The van der Waals surface area contributed by atoms with Crippen molar-refractivity contribution in [1.29, 1.82) is 0 Å². The third-order valence-corrected chi connectivity index (χ3v) is 1.87. The Morgan fingerprint density at radius 1 is 1.43 bits per heavy atom. The molecule has 0 radical (unpaired) electrons. The molecule has 2 atom stereocenters. The molecule has 1 amide bonds. The van der Waals surface area contributed by atoms with E-state index in [4.69, 9.17) is 10.2 Å². The molecule has 0 aromatic heterocycles. The van der Waals surface area contributed by atoms with Crippen molar-refractivity contribution in [3.05, 3.63) is 0 Å². The standard InChI is InChI=1S/C9H20N2O3/c1-3-10-4-7(2)9(14)11-5-8(13)6-12/h7-8,10,12-13H,3-6H2,1-2H3,(H,11,14). The number of amides is 1. The van der Waals surface area contributed by atoms with Crippen LogP contribution in [0.2, 0.25) is 0 Å². The minimum absolute atomic E-state index is 0.103. The quantitative estimate of drug-likeness (QED) is 0.415. The van der Waals surface area contributed by atoms with Crippen molar-refractivity contribution < 1.29 is 15.0 Å². The fourth-order valence-electron chi connectivity index (χ4n) is 0.911. The van der Waals surface area contributed by atoms with Gasteiger partial charge in [0.25, 0.3) is 0 Å². The van der Waals surface area contributed by atoms with E-state index in [0.29, 0.717) is 6.54 Å². The molecule has 5 heteroatoms. The maximum atomic E-state index is 11.3. The molecule has 0 saturated carbocycles. The fraction of sp³-hybridized carbons (Fsp3) is 0.889. The Labute approximate surface area is 84.5 Å². The normalized spacial score (nSPS) is 14.9. The second-order valence-electron chi connectivity index (χ2n) is 3.29. The summed E-state index contributed by atoms with van der Waals surface area (Å²) in [6.45, 7) is 5.01. The first-order valence-electron chi connectivity index (χ1n) is 4.89. The molecule has 0 aliphatic heterocycles. The van der Waals surface area contributed by atoms with Crippen molar-refractivity contribution in [2.75, 3.05) is 26.2 Å². The number of nitrogens with one attached hydrogen (secondary N) is 2. The van der Waals surface area contributed by atoms with Gasteiger partial charge in [-0.3, -0.25) is 4.79 Å². The van der Waals surface area contributed by atoms with Crippen molar-refractivity contribution in [3.8, 4) is 0 Å². The van der Waals surface area contributed by atoms with Crippen LogP contribution in [0.1, 0.15) is 13.8 Å². The van der Waals surface area contributed by atoms with Crippen LogP contribution in [0.3, 0.4) is 0 Å². The topological polar surface area (TPSA) is 81.6 Å². The van der Waals surface area contributed by atoms with Gasteiger partial charge in [0.2, 0.25) is 5.91 Å². The van der Waals surface area contributed by atoms with E-state index in [-0.39, 0.29) is 25.0 Å². The molecule has 0 aromatic carbocycles. The summed E-state index contributed by atoms with van der Waals surface area (Å²) >= 11 is 0. The van der Waals surface area contributed by atoms with E-state index in [9.17, 15) is 4.79 Å². The van der Waals surface area contributed by atoms with Crippen molar-refractivity contribution in [2.24, 2.45) is 5.92 Å². The molecule has 84 valence electrons. The summed E-state index contributed by atoms with van der Waals surface area (Å²) < 4.78 is 0. The number of hydrogen-bond donors (Lipinski definition) is 4. The van der Waals surface area contributed by atoms with Crippen molar-refractivity contribution in [1.82, 2.24) is 10.6 Å². The number of rotatable bonds is 7. The summed E-state index contributed by atoms with van der Waals surface area (Å²) in [5.74, 6) is -0.237. The first-order chi connectivity index (χ1) is 6.61. The van der Waals surface area contributed by atoms with Gasteiger partial charge in [0.1, 0.15) is 0 Å². The monoisotopic (exact) mass is 204 g/mol. The molecule has 0 rings (SSSR count). The second-order valence-corrected chi connectivity index (χ2v) is 3.29. The van der Waals surface area contributed by atoms with Gasteiger partial charge in [0.05, 0.1) is 12.7 Å². The minimum Gasteiger partial charge on any atom is -0.394 e. The number of carbonyl (C=O) groups is 1. The van der Waals surface area contributed by atoms with Crippen LogP contribution < -0.4 is 10.6 Å². The number of aliphatic hydroxyl groups excluding tert-OH is 2. The summed E-state index contributed by atoms with van der Waals surface area (Å²) in [6.07, 6.45) is -0.870. The third-order valence-electron chi connectivity index (χ3n) is 1.87. The Balaban J connectivity index is 3.61. The molecular weight excluding hydrogens is 184 g/mol. The van der Waals surface area contributed by atoms with Gasteiger partial charge in [-0.15, -0.1) is 0 Å². The maximum absolute atomic E-state index is 11.3. The highest BCUT2D eigenvalue weighted by Crippen LogP contribution is 1.92. The summed E-state index contributed by atoms with van der Waals surface area (Å²) in [4.78, 5) is 11.3. The SMILES string of the molecule is CCNCC(C)C(=O)NCC(O)CO. The van der Waals surface area contributed by atoms with Gasteiger partial charge in [-0.25, -0.2) is 0 Å². The van der Waals surface area contributed by atoms with E-state index in [0.717, 1.165) is 6.54 Å². The predicted octanol–water partition coefficient (Wildman–Crippen LogP) is -1.30. The van der Waals surface area contributed by atoms with E-state index in [1.54, 1.807) is 0 Å². The second kappa shape index (κ2) is 7.73. The Bertz CT molecular complexity index is 164. The van der Waals surface area contributed by atoms with E-state index in [2.05, 4.69) is 10.6 Å². The first-order valence-corrected chi connectivity index (χ1v) is 4.89.